The fraction of sp³-hybridized carbons (Fsp3) is 0.0455. The normalized spacial score (nSPS) is 13.9. The zero-order valence-electron chi connectivity index (χ0n) is 13.7. The van der Waals surface area contributed by atoms with Crippen molar-refractivity contribution in [3.63, 3.8) is 0 Å². The summed E-state index contributed by atoms with van der Waals surface area (Å²) in [7, 11) is 0. The lowest BCUT2D eigenvalue weighted by atomic mass is 10.1. The first-order valence-electron chi connectivity index (χ1n) is 8.22. The van der Waals surface area contributed by atoms with Crippen LogP contribution in [0.3, 0.4) is 0 Å². The van der Waals surface area contributed by atoms with Gasteiger partial charge in [-0.05, 0) is 42.0 Å². The van der Waals surface area contributed by atoms with Crippen molar-refractivity contribution in [1.82, 2.24) is 0 Å². The summed E-state index contributed by atoms with van der Waals surface area (Å²) in [5.74, 6) is 0. The van der Waals surface area contributed by atoms with Gasteiger partial charge in [0.25, 0.3) is 0 Å². The molecule has 25 heavy (non-hydrogen) atoms. The molecule has 3 nitrogen and oxygen atoms in total. The average molecular weight is 323 g/mol. The third-order valence-corrected chi connectivity index (χ3v) is 4.36. The Morgan fingerprint density at radius 1 is 0.640 bits per heavy atom. The van der Waals surface area contributed by atoms with Gasteiger partial charge < -0.3 is 9.80 Å². The Morgan fingerprint density at radius 2 is 1.12 bits per heavy atom. The summed E-state index contributed by atoms with van der Waals surface area (Å²) in [6.45, 7) is 0. The molecule has 0 radical (unpaired) electrons. The molecule has 0 aliphatic carbocycles. The summed E-state index contributed by atoms with van der Waals surface area (Å²) >= 11 is 0. The molecule has 0 aromatic heterocycles. The van der Waals surface area contributed by atoms with Gasteiger partial charge in [0.05, 0.1) is 11.6 Å². The number of anilines is 2. The van der Waals surface area contributed by atoms with E-state index in [1.54, 1.807) is 0 Å². The summed E-state index contributed by atoms with van der Waals surface area (Å²) in [5.41, 5.74) is 4.07. The van der Waals surface area contributed by atoms with E-state index < -0.39 is 0 Å². The van der Waals surface area contributed by atoms with Crippen LogP contribution in [0.2, 0.25) is 0 Å². The second-order valence-electron chi connectivity index (χ2n) is 5.89. The number of benzene rings is 3. The van der Waals surface area contributed by atoms with E-state index >= 15 is 0 Å². The first-order chi connectivity index (χ1) is 12.4. The van der Waals surface area contributed by atoms with Crippen LogP contribution in [-0.2, 0) is 0 Å². The number of hydrogen-bond acceptors (Lipinski definition) is 3. The number of nitriles is 1. The van der Waals surface area contributed by atoms with Crippen molar-refractivity contribution < 1.29 is 0 Å². The predicted octanol–water partition coefficient (Wildman–Crippen LogP) is 5.05. The van der Waals surface area contributed by atoms with Crippen molar-refractivity contribution in [2.24, 2.45) is 0 Å². The molecule has 0 atom stereocenters. The highest BCUT2D eigenvalue weighted by Gasteiger charge is 2.29. The Kier molecular flexibility index (Phi) is 3.94. The number of para-hydroxylation sites is 2. The van der Waals surface area contributed by atoms with Gasteiger partial charge in [0.15, 0.2) is 0 Å². The molecule has 0 amide bonds. The van der Waals surface area contributed by atoms with E-state index in [0.717, 1.165) is 16.9 Å². The van der Waals surface area contributed by atoms with Gasteiger partial charge in [-0.2, -0.15) is 5.26 Å². The lowest BCUT2D eigenvalue weighted by Crippen LogP contribution is -2.30. The number of hydrogen-bond donors (Lipinski definition) is 0. The summed E-state index contributed by atoms with van der Waals surface area (Å²) < 4.78 is 0. The van der Waals surface area contributed by atoms with Crippen molar-refractivity contribution >= 4 is 11.4 Å². The molecule has 3 aromatic rings. The zero-order chi connectivity index (χ0) is 17.1. The quantitative estimate of drug-likeness (QED) is 0.675. The topological polar surface area (TPSA) is 30.3 Å². The van der Waals surface area contributed by atoms with Gasteiger partial charge in [-0.1, -0.05) is 48.5 Å². The summed E-state index contributed by atoms with van der Waals surface area (Å²) in [4.78, 5) is 4.49. The first kappa shape index (κ1) is 15.0. The molecule has 1 aliphatic rings. The van der Waals surface area contributed by atoms with Crippen LogP contribution in [-0.4, -0.2) is 0 Å². The van der Waals surface area contributed by atoms with E-state index in [-0.39, 0.29) is 6.17 Å². The van der Waals surface area contributed by atoms with Crippen LogP contribution in [0.15, 0.2) is 97.3 Å². The van der Waals surface area contributed by atoms with E-state index in [9.17, 15) is 0 Å². The van der Waals surface area contributed by atoms with E-state index in [1.807, 2.05) is 60.7 Å². The largest absolute Gasteiger partial charge is 0.321 e. The summed E-state index contributed by atoms with van der Waals surface area (Å²) in [5, 5.41) is 9.07. The predicted molar refractivity (Wildman–Crippen MR) is 101 cm³/mol. The lowest BCUT2D eigenvalue weighted by molar-refractivity contribution is 0.735. The maximum atomic E-state index is 9.07. The monoisotopic (exact) mass is 323 g/mol. The van der Waals surface area contributed by atoms with Gasteiger partial charge in [0, 0.05) is 23.8 Å². The molecule has 120 valence electrons. The third kappa shape index (κ3) is 2.86. The third-order valence-electron chi connectivity index (χ3n) is 4.36. The van der Waals surface area contributed by atoms with Crippen molar-refractivity contribution in [2.75, 3.05) is 9.80 Å². The number of rotatable bonds is 3. The van der Waals surface area contributed by atoms with E-state index in [1.165, 1.54) is 0 Å². The molecule has 4 rings (SSSR count). The average Bonchev–Trinajstić information content (AvgIpc) is 3.14. The highest BCUT2D eigenvalue weighted by molar-refractivity contribution is 5.63. The fourth-order valence-corrected chi connectivity index (χ4v) is 3.15. The molecule has 0 spiro atoms. The van der Waals surface area contributed by atoms with E-state index in [4.69, 9.17) is 5.26 Å². The molecule has 0 fully saturated rings. The van der Waals surface area contributed by atoms with Gasteiger partial charge in [0.2, 0.25) is 0 Å². The van der Waals surface area contributed by atoms with Gasteiger partial charge in [-0.25, -0.2) is 0 Å². The Morgan fingerprint density at radius 3 is 1.56 bits per heavy atom. The van der Waals surface area contributed by atoms with Crippen molar-refractivity contribution in [3.8, 4) is 6.07 Å². The highest BCUT2D eigenvalue weighted by Crippen LogP contribution is 2.38. The molecule has 0 N–H and O–H groups in total. The summed E-state index contributed by atoms with van der Waals surface area (Å²) in [6.07, 6.45) is 4.22. The summed E-state index contributed by atoms with van der Waals surface area (Å²) in [6, 6.07) is 30.7. The van der Waals surface area contributed by atoms with Crippen LogP contribution < -0.4 is 9.80 Å². The minimum Gasteiger partial charge on any atom is -0.321 e. The second kappa shape index (κ2) is 6.54. The Bertz CT molecular complexity index is 859. The fourth-order valence-electron chi connectivity index (χ4n) is 3.15. The molecule has 0 saturated carbocycles. The molecule has 3 heteroatoms. The van der Waals surface area contributed by atoms with Crippen LogP contribution >= 0.6 is 0 Å². The van der Waals surface area contributed by atoms with Crippen LogP contribution in [0.25, 0.3) is 0 Å². The molecular formula is C22H17N3. The van der Waals surface area contributed by atoms with Crippen LogP contribution in [0.1, 0.15) is 17.3 Å². The standard InChI is InChI=1S/C22H17N3/c23-17-18-11-13-19(14-12-18)22-24(20-7-3-1-4-8-20)15-16-25(22)21-9-5-2-6-10-21/h1-16,22H. The Labute approximate surface area is 147 Å². The maximum absolute atomic E-state index is 9.07. The lowest BCUT2D eigenvalue weighted by Gasteiger charge is -2.33. The Hall–Kier alpha value is -3.51. The van der Waals surface area contributed by atoms with Crippen molar-refractivity contribution in [2.45, 2.75) is 6.17 Å². The van der Waals surface area contributed by atoms with Crippen LogP contribution in [0, 0.1) is 11.3 Å². The maximum Gasteiger partial charge on any atom is 0.136 e. The molecule has 3 aromatic carbocycles. The van der Waals surface area contributed by atoms with E-state index in [2.05, 4.69) is 52.5 Å². The van der Waals surface area contributed by atoms with Crippen molar-refractivity contribution in [3.05, 3.63) is 108 Å². The first-order valence-corrected chi connectivity index (χ1v) is 8.22. The number of nitrogens with zero attached hydrogens (tertiary/aromatic N) is 3. The SMILES string of the molecule is N#Cc1ccc(C2N(c3ccccc3)C=CN2c2ccccc2)cc1. The smallest absolute Gasteiger partial charge is 0.136 e. The van der Waals surface area contributed by atoms with Gasteiger partial charge in [-0.15, -0.1) is 0 Å². The molecule has 0 unspecified atom stereocenters. The molecule has 0 bridgehead atoms. The minimum atomic E-state index is 0.0116. The molecule has 1 aliphatic heterocycles. The highest BCUT2D eigenvalue weighted by atomic mass is 15.4. The molecule has 1 heterocycles. The van der Waals surface area contributed by atoms with Crippen LogP contribution in [0.5, 0.6) is 0 Å². The van der Waals surface area contributed by atoms with E-state index in [0.29, 0.717) is 5.56 Å². The molecular weight excluding hydrogens is 306 g/mol. The minimum absolute atomic E-state index is 0.0116. The van der Waals surface area contributed by atoms with Gasteiger partial charge in [-0.3, -0.25) is 0 Å². The molecule has 0 saturated heterocycles. The van der Waals surface area contributed by atoms with Gasteiger partial charge in [0.1, 0.15) is 6.17 Å². The van der Waals surface area contributed by atoms with Crippen LogP contribution in [0.4, 0.5) is 11.4 Å². The van der Waals surface area contributed by atoms with Gasteiger partial charge >= 0.3 is 0 Å². The second-order valence-corrected chi connectivity index (χ2v) is 5.89. The van der Waals surface area contributed by atoms with Crippen molar-refractivity contribution in [1.29, 1.82) is 5.26 Å². The zero-order valence-corrected chi connectivity index (χ0v) is 13.7. The Balaban J connectivity index is 1.78.